The van der Waals surface area contributed by atoms with E-state index in [0.717, 1.165) is 24.7 Å². The molecule has 0 spiro atoms. The van der Waals surface area contributed by atoms with Crippen molar-refractivity contribution in [3.63, 3.8) is 0 Å². The zero-order chi connectivity index (χ0) is 15.8. The largest absolute Gasteiger partial charge is 0.357 e. The maximum atomic E-state index is 4.56. The molecule has 0 aliphatic carbocycles. The van der Waals surface area contributed by atoms with Gasteiger partial charge in [-0.2, -0.15) is 5.10 Å². The van der Waals surface area contributed by atoms with Gasteiger partial charge in [0.2, 0.25) is 0 Å². The molecule has 0 aliphatic heterocycles. The van der Waals surface area contributed by atoms with Crippen molar-refractivity contribution < 1.29 is 0 Å². The van der Waals surface area contributed by atoms with Gasteiger partial charge in [0.1, 0.15) is 0 Å². The van der Waals surface area contributed by atoms with Crippen molar-refractivity contribution in [3.8, 4) is 0 Å². The van der Waals surface area contributed by atoms with Crippen LogP contribution >= 0.6 is 24.0 Å². The summed E-state index contributed by atoms with van der Waals surface area (Å²) in [7, 11) is 0. The minimum absolute atomic E-state index is 0. The van der Waals surface area contributed by atoms with Crippen molar-refractivity contribution >= 4 is 29.9 Å². The van der Waals surface area contributed by atoms with Gasteiger partial charge in [0.05, 0.1) is 12.2 Å². The van der Waals surface area contributed by atoms with Crippen molar-refractivity contribution in [2.75, 3.05) is 13.1 Å². The van der Waals surface area contributed by atoms with Crippen LogP contribution in [-0.4, -0.2) is 29.2 Å². The van der Waals surface area contributed by atoms with Crippen molar-refractivity contribution in [1.29, 1.82) is 0 Å². The molecule has 0 bridgehead atoms. The number of aromatic amines is 1. The Morgan fingerprint density at radius 1 is 1.22 bits per heavy atom. The topological polar surface area (TPSA) is 65.1 Å². The molecule has 0 radical (unpaired) electrons. The highest BCUT2D eigenvalue weighted by Crippen LogP contribution is 2.14. The number of benzene rings is 1. The lowest BCUT2D eigenvalue weighted by Gasteiger charge is -2.16. The van der Waals surface area contributed by atoms with Crippen LogP contribution in [0.3, 0.4) is 0 Å². The number of nitrogens with zero attached hydrogens (tertiary/aromatic N) is 2. The average Bonchev–Trinajstić information content (AvgIpc) is 3.04. The summed E-state index contributed by atoms with van der Waals surface area (Å²) in [5.41, 5.74) is 3.63. The second kappa shape index (κ2) is 10.3. The predicted molar refractivity (Wildman–Crippen MR) is 106 cm³/mol. The second-order valence-electron chi connectivity index (χ2n) is 5.47. The van der Waals surface area contributed by atoms with E-state index in [1.807, 2.05) is 6.07 Å². The van der Waals surface area contributed by atoms with Gasteiger partial charge >= 0.3 is 0 Å². The van der Waals surface area contributed by atoms with Crippen LogP contribution in [0.15, 0.2) is 41.5 Å². The zero-order valence-corrected chi connectivity index (χ0v) is 16.3. The highest BCUT2D eigenvalue weighted by Gasteiger charge is 2.06. The Hall–Kier alpha value is -1.57. The first-order chi connectivity index (χ1) is 10.7. The van der Waals surface area contributed by atoms with Gasteiger partial charge in [-0.3, -0.25) is 5.10 Å². The molecule has 0 saturated carbocycles. The lowest BCUT2D eigenvalue weighted by molar-refractivity contribution is 0.699. The monoisotopic (exact) mass is 427 g/mol. The van der Waals surface area contributed by atoms with Crippen LogP contribution in [0.4, 0.5) is 0 Å². The number of guanidine groups is 1. The van der Waals surface area contributed by atoms with Crippen LogP contribution in [0.1, 0.15) is 36.6 Å². The second-order valence-corrected chi connectivity index (χ2v) is 5.47. The number of H-pyrrole nitrogens is 1. The van der Waals surface area contributed by atoms with E-state index in [1.165, 1.54) is 11.1 Å². The molecule has 2 rings (SSSR count). The number of nitrogens with one attached hydrogen (secondary N) is 3. The first-order valence-electron chi connectivity index (χ1n) is 7.76. The average molecular weight is 427 g/mol. The van der Waals surface area contributed by atoms with Gasteiger partial charge in [-0.15, -0.1) is 24.0 Å². The van der Waals surface area contributed by atoms with Crippen molar-refractivity contribution in [1.82, 2.24) is 20.8 Å². The molecule has 1 unspecified atom stereocenters. The van der Waals surface area contributed by atoms with Gasteiger partial charge in [-0.25, -0.2) is 4.99 Å². The Morgan fingerprint density at radius 3 is 2.57 bits per heavy atom. The molecule has 0 fully saturated rings. The number of rotatable bonds is 6. The molecular weight excluding hydrogens is 401 g/mol. The molecule has 2 aromatic rings. The molecule has 0 aliphatic rings. The number of aryl methyl sites for hydroxylation is 1. The highest BCUT2D eigenvalue weighted by atomic mass is 127. The maximum absolute atomic E-state index is 4.56. The number of aromatic nitrogens is 2. The third kappa shape index (κ3) is 6.60. The Bertz CT molecular complexity index is 578. The summed E-state index contributed by atoms with van der Waals surface area (Å²) in [5.74, 6) is 1.26. The van der Waals surface area contributed by atoms with E-state index in [9.17, 15) is 0 Å². The van der Waals surface area contributed by atoms with Crippen LogP contribution in [0.25, 0.3) is 0 Å². The van der Waals surface area contributed by atoms with E-state index >= 15 is 0 Å². The summed E-state index contributed by atoms with van der Waals surface area (Å²) >= 11 is 0. The number of hydrogen-bond acceptors (Lipinski definition) is 2. The summed E-state index contributed by atoms with van der Waals surface area (Å²) in [6.07, 6.45) is 1.74. The lowest BCUT2D eigenvalue weighted by atomic mass is 10.0. The summed E-state index contributed by atoms with van der Waals surface area (Å²) in [6, 6.07) is 10.6. The van der Waals surface area contributed by atoms with Gasteiger partial charge in [0.15, 0.2) is 5.96 Å². The molecule has 1 aromatic heterocycles. The quantitative estimate of drug-likeness (QED) is 0.377. The summed E-state index contributed by atoms with van der Waals surface area (Å²) in [5, 5.41) is 13.5. The molecule has 5 nitrogen and oxygen atoms in total. The van der Waals surface area contributed by atoms with Crippen molar-refractivity contribution in [3.05, 3.63) is 53.3 Å². The first-order valence-corrected chi connectivity index (χ1v) is 7.76. The minimum Gasteiger partial charge on any atom is -0.357 e. The summed E-state index contributed by atoms with van der Waals surface area (Å²) in [6.45, 7) is 8.67. The molecule has 1 atom stereocenters. The Labute approximate surface area is 155 Å². The maximum Gasteiger partial charge on any atom is 0.191 e. The molecule has 126 valence electrons. The van der Waals surface area contributed by atoms with Crippen LogP contribution in [0.5, 0.6) is 0 Å². The van der Waals surface area contributed by atoms with Gasteiger partial charge in [0, 0.05) is 19.3 Å². The van der Waals surface area contributed by atoms with Crippen LogP contribution in [-0.2, 0) is 6.54 Å². The lowest BCUT2D eigenvalue weighted by Crippen LogP contribution is -2.39. The van der Waals surface area contributed by atoms with Crippen LogP contribution < -0.4 is 10.6 Å². The van der Waals surface area contributed by atoms with Crippen molar-refractivity contribution in [2.24, 2.45) is 4.99 Å². The molecule has 0 saturated heterocycles. The fraction of sp³-hybridized carbons (Fsp3) is 0.412. The molecule has 1 aromatic carbocycles. The van der Waals surface area contributed by atoms with E-state index in [4.69, 9.17) is 0 Å². The normalized spacial score (nSPS) is 12.4. The predicted octanol–water partition coefficient (Wildman–Crippen LogP) is 3.19. The fourth-order valence-corrected chi connectivity index (χ4v) is 2.14. The molecule has 6 heteroatoms. The van der Waals surface area contributed by atoms with E-state index < -0.39 is 0 Å². The number of aliphatic imine (C=N–C) groups is 1. The number of halogens is 1. The van der Waals surface area contributed by atoms with E-state index in [1.54, 1.807) is 6.20 Å². The van der Waals surface area contributed by atoms with Gasteiger partial charge in [-0.1, -0.05) is 36.8 Å². The molecule has 3 N–H and O–H groups in total. The minimum atomic E-state index is 0. The Morgan fingerprint density at radius 2 is 1.96 bits per heavy atom. The van der Waals surface area contributed by atoms with E-state index in [-0.39, 0.29) is 24.0 Å². The molecule has 1 heterocycles. The third-order valence-corrected chi connectivity index (χ3v) is 3.53. The SMILES string of the molecule is CCNC(=NCc1ccn[nH]1)NCC(C)c1ccc(C)cc1.I. The van der Waals surface area contributed by atoms with Crippen LogP contribution in [0.2, 0.25) is 0 Å². The summed E-state index contributed by atoms with van der Waals surface area (Å²) < 4.78 is 0. The third-order valence-electron chi connectivity index (χ3n) is 3.53. The van der Waals surface area contributed by atoms with Gasteiger partial charge in [0.25, 0.3) is 0 Å². The first kappa shape index (κ1) is 19.5. The van der Waals surface area contributed by atoms with Crippen LogP contribution in [0, 0.1) is 6.92 Å². The highest BCUT2D eigenvalue weighted by molar-refractivity contribution is 14.0. The number of hydrogen-bond donors (Lipinski definition) is 3. The van der Waals surface area contributed by atoms with Crippen molar-refractivity contribution in [2.45, 2.75) is 33.2 Å². The smallest absolute Gasteiger partial charge is 0.191 e. The standard InChI is InChI=1S/C17H25N5.HI/c1-4-18-17(20-12-16-9-10-21-22-16)19-11-14(3)15-7-5-13(2)6-8-15;/h5-10,14H,4,11-12H2,1-3H3,(H,21,22)(H2,18,19,20);1H. The molecular formula is C17H26IN5. The summed E-state index contributed by atoms with van der Waals surface area (Å²) in [4.78, 5) is 4.56. The van der Waals surface area contributed by atoms with E-state index in [0.29, 0.717) is 12.5 Å². The Balaban J connectivity index is 0.00000264. The zero-order valence-electron chi connectivity index (χ0n) is 14.0. The van der Waals surface area contributed by atoms with Gasteiger partial charge in [-0.05, 0) is 31.4 Å². The van der Waals surface area contributed by atoms with Gasteiger partial charge < -0.3 is 10.6 Å². The molecule has 23 heavy (non-hydrogen) atoms. The fourth-order valence-electron chi connectivity index (χ4n) is 2.14. The molecule has 0 amide bonds. The van der Waals surface area contributed by atoms with E-state index in [2.05, 4.69) is 70.9 Å². The Kier molecular flexibility index (Phi) is 8.68.